The standard InChI is InChI=1S/C10H16Cl2N4O2/c1-18-5-3-16(2-4-17)10-8(12)6-7(11)9(14-10)15-13/h6,17H,2-5,13H2,1H3,(H,14,15). The molecule has 1 rings (SSSR count). The molecule has 0 amide bonds. The minimum atomic E-state index is -0.0181. The second-order valence-corrected chi connectivity index (χ2v) is 4.29. The Balaban J connectivity index is 3.02. The number of hydrazine groups is 1. The molecule has 1 aromatic rings. The van der Waals surface area contributed by atoms with Gasteiger partial charge in [-0.15, -0.1) is 0 Å². The molecule has 0 bridgehead atoms. The molecule has 0 saturated carbocycles. The Morgan fingerprint density at radius 1 is 1.44 bits per heavy atom. The number of nitrogens with one attached hydrogen (secondary N) is 1. The van der Waals surface area contributed by atoms with E-state index in [9.17, 15) is 0 Å². The number of methoxy groups -OCH3 is 1. The van der Waals surface area contributed by atoms with Crippen LogP contribution < -0.4 is 16.2 Å². The molecule has 8 heteroatoms. The Morgan fingerprint density at radius 2 is 2.17 bits per heavy atom. The van der Waals surface area contributed by atoms with E-state index in [1.165, 1.54) is 0 Å². The number of aliphatic hydroxyl groups excluding tert-OH is 1. The van der Waals surface area contributed by atoms with Crippen LogP contribution in [0.5, 0.6) is 0 Å². The van der Waals surface area contributed by atoms with E-state index in [-0.39, 0.29) is 6.61 Å². The van der Waals surface area contributed by atoms with Gasteiger partial charge in [0.1, 0.15) is 5.82 Å². The molecule has 0 spiro atoms. The van der Waals surface area contributed by atoms with Gasteiger partial charge in [0.2, 0.25) is 0 Å². The summed E-state index contributed by atoms with van der Waals surface area (Å²) in [6.45, 7) is 1.42. The first-order valence-electron chi connectivity index (χ1n) is 5.31. The third kappa shape index (κ3) is 3.86. The number of hydrogen-bond donors (Lipinski definition) is 3. The van der Waals surface area contributed by atoms with Crippen molar-refractivity contribution in [3.63, 3.8) is 0 Å². The highest BCUT2D eigenvalue weighted by molar-refractivity contribution is 6.37. The number of aromatic nitrogens is 1. The minimum Gasteiger partial charge on any atom is -0.395 e. The van der Waals surface area contributed by atoms with Crippen molar-refractivity contribution in [2.75, 3.05) is 43.7 Å². The number of halogens is 2. The van der Waals surface area contributed by atoms with E-state index in [2.05, 4.69) is 10.4 Å². The van der Waals surface area contributed by atoms with Crippen molar-refractivity contribution < 1.29 is 9.84 Å². The Bertz CT molecular complexity index is 392. The molecule has 0 aliphatic rings. The molecule has 4 N–H and O–H groups in total. The van der Waals surface area contributed by atoms with Crippen LogP contribution in [0.2, 0.25) is 10.0 Å². The van der Waals surface area contributed by atoms with Crippen LogP contribution in [0, 0.1) is 0 Å². The summed E-state index contributed by atoms with van der Waals surface area (Å²) in [5.41, 5.74) is 2.39. The number of aliphatic hydroxyl groups is 1. The maximum absolute atomic E-state index is 9.05. The van der Waals surface area contributed by atoms with E-state index in [1.807, 2.05) is 0 Å². The number of hydrogen-bond acceptors (Lipinski definition) is 6. The summed E-state index contributed by atoms with van der Waals surface area (Å²) in [4.78, 5) is 6.02. The zero-order chi connectivity index (χ0) is 13.5. The van der Waals surface area contributed by atoms with Gasteiger partial charge in [0.25, 0.3) is 0 Å². The van der Waals surface area contributed by atoms with Crippen molar-refractivity contribution >= 4 is 34.8 Å². The van der Waals surface area contributed by atoms with E-state index >= 15 is 0 Å². The number of rotatable bonds is 7. The first-order valence-corrected chi connectivity index (χ1v) is 6.07. The number of nitrogens with zero attached hydrogens (tertiary/aromatic N) is 2. The quantitative estimate of drug-likeness (QED) is 0.516. The van der Waals surface area contributed by atoms with Crippen LogP contribution in [0.15, 0.2) is 6.07 Å². The van der Waals surface area contributed by atoms with Gasteiger partial charge < -0.3 is 20.2 Å². The molecule has 1 heterocycles. The maximum Gasteiger partial charge on any atom is 0.161 e. The Labute approximate surface area is 116 Å². The lowest BCUT2D eigenvalue weighted by Crippen LogP contribution is -2.31. The van der Waals surface area contributed by atoms with Gasteiger partial charge in [-0.1, -0.05) is 23.2 Å². The fourth-order valence-corrected chi connectivity index (χ4v) is 1.96. The summed E-state index contributed by atoms with van der Waals surface area (Å²) < 4.78 is 5.00. The van der Waals surface area contributed by atoms with E-state index < -0.39 is 0 Å². The SMILES string of the molecule is COCCN(CCO)c1nc(NN)c(Cl)cc1Cl. The molecule has 0 atom stereocenters. The van der Waals surface area contributed by atoms with Gasteiger partial charge in [0.15, 0.2) is 5.82 Å². The van der Waals surface area contributed by atoms with E-state index in [0.717, 1.165) is 0 Å². The molecule has 0 aliphatic carbocycles. The van der Waals surface area contributed by atoms with Crippen molar-refractivity contribution in [2.45, 2.75) is 0 Å². The zero-order valence-electron chi connectivity index (χ0n) is 9.99. The zero-order valence-corrected chi connectivity index (χ0v) is 11.5. The number of pyridine rings is 1. The third-order valence-corrected chi connectivity index (χ3v) is 2.85. The molecule has 102 valence electrons. The lowest BCUT2D eigenvalue weighted by molar-refractivity contribution is 0.202. The van der Waals surface area contributed by atoms with Crippen LogP contribution >= 0.6 is 23.2 Å². The van der Waals surface area contributed by atoms with Gasteiger partial charge in [0.05, 0.1) is 23.3 Å². The van der Waals surface area contributed by atoms with Gasteiger partial charge in [0, 0.05) is 20.2 Å². The maximum atomic E-state index is 9.05. The molecule has 0 radical (unpaired) electrons. The van der Waals surface area contributed by atoms with E-state index in [0.29, 0.717) is 41.4 Å². The van der Waals surface area contributed by atoms with Gasteiger partial charge in [-0.05, 0) is 6.07 Å². The lowest BCUT2D eigenvalue weighted by atomic mass is 10.3. The first-order chi connectivity index (χ1) is 8.63. The second-order valence-electron chi connectivity index (χ2n) is 3.47. The van der Waals surface area contributed by atoms with Gasteiger partial charge >= 0.3 is 0 Å². The first kappa shape index (κ1) is 15.3. The Kier molecular flexibility index (Phi) is 6.45. The summed E-state index contributed by atoms with van der Waals surface area (Å²) in [5, 5.41) is 9.78. The fourth-order valence-electron chi connectivity index (χ4n) is 1.43. The number of anilines is 2. The van der Waals surface area contributed by atoms with Gasteiger partial charge in [-0.3, -0.25) is 0 Å². The molecule has 0 unspecified atom stereocenters. The monoisotopic (exact) mass is 294 g/mol. The Hall–Kier alpha value is -0.790. The normalized spacial score (nSPS) is 10.5. The molecule has 6 nitrogen and oxygen atoms in total. The molecule has 18 heavy (non-hydrogen) atoms. The summed E-state index contributed by atoms with van der Waals surface area (Å²) in [5.74, 6) is 6.14. The van der Waals surface area contributed by atoms with Crippen LogP contribution in [0.4, 0.5) is 11.6 Å². The van der Waals surface area contributed by atoms with Crippen molar-refractivity contribution in [3.8, 4) is 0 Å². The molecular formula is C10H16Cl2N4O2. The third-order valence-electron chi connectivity index (χ3n) is 2.28. The molecular weight excluding hydrogens is 279 g/mol. The predicted octanol–water partition coefficient (Wildman–Crippen LogP) is 1.12. The topological polar surface area (TPSA) is 83.6 Å². The van der Waals surface area contributed by atoms with E-state index in [1.54, 1.807) is 18.1 Å². The fraction of sp³-hybridized carbons (Fsp3) is 0.500. The number of nitrogens with two attached hydrogens (primary N) is 1. The molecule has 0 saturated heterocycles. The smallest absolute Gasteiger partial charge is 0.161 e. The van der Waals surface area contributed by atoms with Crippen LogP contribution in [-0.4, -0.2) is 43.5 Å². The molecule has 0 fully saturated rings. The minimum absolute atomic E-state index is 0.0181. The molecule has 1 aromatic heterocycles. The molecule has 0 aromatic carbocycles. The summed E-state index contributed by atoms with van der Waals surface area (Å²) >= 11 is 12.0. The van der Waals surface area contributed by atoms with E-state index in [4.69, 9.17) is 38.9 Å². The van der Waals surface area contributed by atoms with Crippen molar-refractivity contribution in [1.29, 1.82) is 0 Å². The van der Waals surface area contributed by atoms with Gasteiger partial charge in [-0.2, -0.15) is 0 Å². The highest BCUT2D eigenvalue weighted by Crippen LogP contribution is 2.30. The van der Waals surface area contributed by atoms with Gasteiger partial charge in [-0.25, -0.2) is 10.8 Å². The summed E-state index contributed by atoms with van der Waals surface area (Å²) in [7, 11) is 1.60. The van der Waals surface area contributed by atoms with Crippen LogP contribution in [0.1, 0.15) is 0 Å². The molecule has 0 aliphatic heterocycles. The van der Waals surface area contributed by atoms with Crippen LogP contribution in [0.3, 0.4) is 0 Å². The highest BCUT2D eigenvalue weighted by Gasteiger charge is 2.15. The average molecular weight is 295 g/mol. The Morgan fingerprint density at radius 3 is 2.72 bits per heavy atom. The summed E-state index contributed by atoms with van der Waals surface area (Å²) in [6, 6.07) is 1.55. The number of ether oxygens (including phenoxy) is 1. The van der Waals surface area contributed by atoms with Crippen molar-refractivity contribution in [1.82, 2.24) is 4.98 Å². The summed E-state index contributed by atoms with van der Waals surface area (Å²) in [6.07, 6.45) is 0. The largest absolute Gasteiger partial charge is 0.395 e. The number of nitrogen functional groups attached to an aromatic ring is 1. The lowest BCUT2D eigenvalue weighted by Gasteiger charge is -2.24. The van der Waals surface area contributed by atoms with Crippen molar-refractivity contribution in [2.24, 2.45) is 5.84 Å². The predicted molar refractivity (Wildman–Crippen MR) is 73.2 cm³/mol. The average Bonchev–Trinajstić information content (AvgIpc) is 2.35. The highest BCUT2D eigenvalue weighted by atomic mass is 35.5. The van der Waals surface area contributed by atoms with Crippen LogP contribution in [-0.2, 0) is 4.74 Å². The van der Waals surface area contributed by atoms with Crippen molar-refractivity contribution in [3.05, 3.63) is 16.1 Å². The second kappa shape index (κ2) is 7.60. The van der Waals surface area contributed by atoms with Crippen LogP contribution in [0.25, 0.3) is 0 Å².